The van der Waals surface area contributed by atoms with Gasteiger partial charge in [-0.25, -0.2) is 9.78 Å². The fraction of sp³-hybridized carbons (Fsp3) is 0.158. The first-order chi connectivity index (χ1) is 13.5. The van der Waals surface area contributed by atoms with E-state index in [1.165, 1.54) is 37.1 Å². The van der Waals surface area contributed by atoms with Crippen molar-refractivity contribution in [2.45, 2.75) is 11.6 Å². The molecule has 1 heterocycles. The number of methoxy groups -OCH3 is 1. The topological polar surface area (TPSA) is 97.0 Å². The number of halogens is 1. The van der Waals surface area contributed by atoms with Gasteiger partial charge in [-0.1, -0.05) is 53.7 Å². The number of nitrogens with one attached hydrogen (secondary N) is 2. The van der Waals surface area contributed by atoms with E-state index in [-0.39, 0.29) is 11.7 Å². The Morgan fingerprint density at radius 2 is 2.00 bits per heavy atom. The highest BCUT2D eigenvalue weighted by Gasteiger charge is 2.13. The lowest BCUT2D eigenvalue weighted by molar-refractivity contribution is -0.113. The van der Waals surface area contributed by atoms with Gasteiger partial charge in [0, 0.05) is 6.42 Å². The summed E-state index contributed by atoms with van der Waals surface area (Å²) in [6.45, 7) is 0. The number of H-pyrrole nitrogens is 1. The highest BCUT2D eigenvalue weighted by Crippen LogP contribution is 2.24. The van der Waals surface area contributed by atoms with E-state index >= 15 is 0 Å². The number of amides is 1. The second kappa shape index (κ2) is 9.38. The Kier molecular flexibility index (Phi) is 6.67. The average molecular weight is 417 g/mol. The molecule has 2 aromatic carbocycles. The van der Waals surface area contributed by atoms with Crippen molar-refractivity contribution in [2.75, 3.05) is 18.2 Å². The molecule has 28 heavy (non-hydrogen) atoms. The summed E-state index contributed by atoms with van der Waals surface area (Å²) in [6, 6.07) is 14.4. The third-order valence-corrected chi connectivity index (χ3v) is 4.90. The SMILES string of the molecule is COC(=O)c1ccc(Cl)c(NC(=O)CSc2n[nH]c(Cc3ccccc3)n2)c1. The fourth-order valence-corrected chi connectivity index (χ4v) is 3.17. The lowest BCUT2D eigenvalue weighted by Crippen LogP contribution is -2.15. The number of carbonyl (C=O) groups excluding carboxylic acids is 2. The van der Waals surface area contributed by atoms with Crippen LogP contribution in [-0.4, -0.2) is 39.9 Å². The van der Waals surface area contributed by atoms with Gasteiger partial charge in [0.05, 0.1) is 29.1 Å². The lowest BCUT2D eigenvalue weighted by atomic mass is 10.1. The van der Waals surface area contributed by atoms with Crippen molar-refractivity contribution in [1.82, 2.24) is 15.2 Å². The maximum absolute atomic E-state index is 12.2. The van der Waals surface area contributed by atoms with Crippen LogP contribution in [0.25, 0.3) is 0 Å². The fourth-order valence-electron chi connectivity index (χ4n) is 2.39. The van der Waals surface area contributed by atoms with Crippen LogP contribution in [0.15, 0.2) is 53.7 Å². The summed E-state index contributed by atoms with van der Waals surface area (Å²) >= 11 is 7.28. The molecule has 0 saturated heterocycles. The molecule has 0 radical (unpaired) electrons. The molecule has 0 fully saturated rings. The molecular formula is C19H17ClN4O3S. The van der Waals surface area contributed by atoms with Gasteiger partial charge in [0.1, 0.15) is 5.82 Å². The second-order valence-corrected chi connectivity index (χ2v) is 7.10. The Bertz CT molecular complexity index is 978. The number of anilines is 1. The van der Waals surface area contributed by atoms with Crippen LogP contribution >= 0.6 is 23.4 Å². The standard InChI is InChI=1S/C19H17ClN4O3S/c1-27-18(26)13-7-8-14(20)15(10-13)21-17(25)11-28-19-22-16(23-24-19)9-12-5-3-2-4-6-12/h2-8,10H,9,11H2,1H3,(H,21,25)(H,22,23,24). The van der Waals surface area contributed by atoms with Crippen molar-refractivity contribution in [3.05, 3.63) is 70.5 Å². The van der Waals surface area contributed by atoms with Gasteiger partial charge in [0.15, 0.2) is 0 Å². The van der Waals surface area contributed by atoms with E-state index in [4.69, 9.17) is 11.6 Å². The molecule has 3 rings (SSSR count). The number of aromatic amines is 1. The smallest absolute Gasteiger partial charge is 0.337 e. The van der Waals surface area contributed by atoms with Crippen LogP contribution in [0.4, 0.5) is 5.69 Å². The van der Waals surface area contributed by atoms with E-state index in [1.54, 1.807) is 0 Å². The van der Waals surface area contributed by atoms with E-state index in [2.05, 4.69) is 25.2 Å². The average Bonchev–Trinajstić information content (AvgIpc) is 3.15. The quantitative estimate of drug-likeness (QED) is 0.451. The van der Waals surface area contributed by atoms with Crippen molar-refractivity contribution < 1.29 is 14.3 Å². The third-order valence-electron chi connectivity index (χ3n) is 3.72. The number of benzene rings is 2. The van der Waals surface area contributed by atoms with Crippen LogP contribution in [0.3, 0.4) is 0 Å². The molecule has 1 amide bonds. The molecule has 2 N–H and O–H groups in total. The molecule has 0 aliphatic rings. The number of carbonyl (C=O) groups is 2. The Balaban J connectivity index is 1.56. The van der Waals surface area contributed by atoms with Gasteiger partial charge in [-0.2, -0.15) is 0 Å². The molecule has 0 aliphatic heterocycles. The van der Waals surface area contributed by atoms with Gasteiger partial charge in [-0.05, 0) is 23.8 Å². The molecule has 7 nitrogen and oxygen atoms in total. The summed E-state index contributed by atoms with van der Waals surface area (Å²) in [4.78, 5) is 28.2. The second-order valence-electron chi connectivity index (χ2n) is 5.75. The van der Waals surface area contributed by atoms with E-state index in [0.29, 0.717) is 27.9 Å². The molecule has 0 unspecified atom stereocenters. The maximum Gasteiger partial charge on any atom is 0.337 e. The van der Waals surface area contributed by atoms with Gasteiger partial charge < -0.3 is 10.1 Å². The van der Waals surface area contributed by atoms with Crippen LogP contribution < -0.4 is 5.32 Å². The summed E-state index contributed by atoms with van der Waals surface area (Å²) in [6.07, 6.45) is 0.635. The van der Waals surface area contributed by atoms with Crippen LogP contribution in [0.1, 0.15) is 21.7 Å². The zero-order valence-corrected chi connectivity index (χ0v) is 16.5. The van der Waals surface area contributed by atoms with Crippen LogP contribution in [-0.2, 0) is 16.0 Å². The number of esters is 1. The number of thioether (sulfide) groups is 1. The Morgan fingerprint density at radius 1 is 1.21 bits per heavy atom. The normalized spacial score (nSPS) is 10.5. The molecule has 144 valence electrons. The van der Waals surface area contributed by atoms with Gasteiger partial charge >= 0.3 is 5.97 Å². The van der Waals surface area contributed by atoms with Gasteiger partial charge in [-0.15, -0.1) is 5.10 Å². The summed E-state index contributed by atoms with van der Waals surface area (Å²) in [7, 11) is 1.29. The highest BCUT2D eigenvalue weighted by molar-refractivity contribution is 7.99. The molecule has 0 saturated carbocycles. The van der Waals surface area contributed by atoms with Crippen LogP contribution in [0.2, 0.25) is 5.02 Å². The molecule has 1 aromatic heterocycles. The lowest BCUT2D eigenvalue weighted by Gasteiger charge is -2.08. The Hall–Kier alpha value is -2.84. The Morgan fingerprint density at radius 3 is 2.75 bits per heavy atom. The molecule has 0 aliphatic carbocycles. The predicted octanol–water partition coefficient (Wildman–Crippen LogP) is 3.57. The van der Waals surface area contributed by atoms with Crippen LogP contribution in [0, 0.1) is 0 Å². The summed E-state index contributed by atoms with van der Waals surface area (Å²) in [5, 5.41) is 10.5. The highest BCUT2D eigenvalue weighted by atomic mass is 35.5. The first-order valence-corrected chi connectivity index (χ1v) is 9.67. The minimum Gasteiger partial charge on any atom is -0.465 e. The predicted molar refractivity (Wildman–Crippen MR) is 108 cm³/mol. The van der Waals surface area contributed by atoms with Gasteiger partial charge in [0.2, 0.25) is 11.1 Å². The van der Waals surface area contributed by atoms with E-state index < -0.39 is 5.97 Å². The minimum atomic E-state index is -0.506. The monoisotopic (exact) mass is 416 g/mol. The number of ether oxygens (including phenoxy) is 1. The van der Waals surface area contributed by atoms with E-state index in [1.807, 2.05) is 30.3 Å². The summed E-state index contributed by atoms with van der Waals surface area (Å²) in [5.41, 5.74) is 1.76. The number of aromatic nitrogens is 3. The Labute approximate surface area is 170 Å². The number of rotatable bonds is 7. The number of nitrogens with zero attached hydrogens (tertiary/aromatic N) is 2. The van der Waals surface area contributed by atoms with Crippen molar-refractivity contribution in [3.8, 4) is 0 Å². The number of hydrogen-bond acceptors (Lipinski definition) is 6. The van der Waals surface area contributed by atoms with E-state index in [9.17, 15) is 9.59 Å². The number of hydrogen-bond donors (Lipinski definition) is 2. The van der Waals surface area contributed by atoms with Crippen molar-refractivity contribution >= 4 is 40.9 Å². The summed E-state index contributed by atoms with van der Waals surface area (Å²) < 4.78 is 4.67. The molecule has 0 bridgehead atoms. The van der Waals surface area contributed by atoms with E-state index in [0.717, 1.165) is 11.4 Å². The maximum atomic E-state index is 12.2. The van der Waals surface area contributed by atoms with Crippen molar-refractivity contribution in [3.63, 3.8) is 0 Å². The molecule has 3 aromatic rings. The molecule has 0 spiro atoms. The van der Waals surface area contributed by atoms with Crippen molar-refractivity contribution in [1.29, 1.82) is 0 Å². The van der Waals surface area contributed by atoms with Crippen LogP contribution in [0.5, 0.6) is 0 Å². The molecule has 0 atom stereocenters. The zero-order valence-electron chi connectivity index (χ0n) is 14.9. The first kappa shape index (κ1) is 19.9. The molecule has 9 heteroatoms. The minimum absolute atomic E-state index is 0.0986. The zero-order chi connectivity index (χ0) is 19.9. The van der Waals surface area contributed by atoms with Crippen molar-refractivity contribution in [2.24, 2.45) is 0 Å². The first-order valence-electron chi connectivity index (χ1n) is 8.31. The summed E-state index contributed by atoms with van der Waals surface area (Å²) in [5.74, 6) is 0.0287. The molecular weight excluding hydrogens is 400 g/mol. The van der Waals surface area contributed by atoms with Gasteiger partial charge in [-0.3, -0.25) is 9.89 Å². The van der Waals surface area contributed by atoms with Gasteiger partial charge in [0.25, 0.3) is 0 Å². The third kappa shape index (κ3) is 5.34. The largest absolute Gasteiger partial charge is 0.465 e.